The zero-order valence-corrected chi connectivity index (χ0v) is 20.3. The molecule has 5 rings (SSSR count). The highest BCUT2D eigenvalue weighted by Crippen LogP contribution is 2.31. The van der Waals surface area contributed by atoms with Crippen LogP contribution in [0.25, 0.3) is 10.2 Å². The molecule has 0 radical (unpaired) electrons. The molecule has 0 aliphatic carbocycles. The van der Waals surface area contributed by atoms with Crippen LogP contribution in [0.5, 0.6) is 0 Å². The third kappa shape index (κ3) is 5.09. The Morgan fingerprint density at radius 3 is 2.47 bits per heavy atom. The van der Waals surface area contributed by atoms with Gasteiger partial charge in [-0.3, -0.25) is 19.4 Å². The van der Waals surface area contributed by atoms with E-state index in [2.05, 4.69) is 14.7 Å². The molecule has 36 heavy (non-hydrogen) atoms. The predicted molar refractivity (Wildman–Crippen MR) is 138 cm³/mol. The maximum absolute atomic E-state index is 13.7. The Balaban J connectivity index is 1.47. The standard InChI is InChI=1S/C26H19FN4O3S2/c27-19-11-13-22(14-12-19)36(33,34)30-20-8-5-6-18(16-20)25(32)31(17-21-7-3-4-15-28-21)26-29-23-9-1-2-10-24(23)35-26/h1-16,30H,17H2. The molecular weight excluding hydrogens is 499 g/mol. The highest BCUT2D eigenvalue weighted by atomic mass is 32.2. The Morgan fingerprint density at radius 2 is 1.72 bits per heavy atom. The molecule has 0 unspecified atom stereocenters. The molecule has 0 spiro atoms. The van der Waals surface area contributed by atoms with Crippen molar-refractivity contribution >= 4 is 48.3 Å². The second-order valence-corrected chi connectivity index (χ2v) is 10.5. The fourth-order valence-corrected chi connectivity index (χ4v) is 5.57. The molecule has 2 aromatic heterocycles. The van der Waals surface area contributed by atoms with Crippen molar-refractivity contribution in [1.82, 2.24) is 9.97 Å². The lowest BCUT2D eigenvalue weighted by Crippen LogP contribution is -2.30. The number of nitrogens with zero attached hydrogens (tertiary/aromatic N) is 3. The number of halogens is 1. The summed E-state index contributed by atoms with van der Waals surface area (Å²) in [7, 11) is -3.97. The normalized spacial score (nSPS) is 11.4. The quantitative estimate of drug-likeness (QED) is 0.308. The van der Waals surface area contributed by atoms with Gasteiger partial charge in [0, 0.05) is 17.4 Å². The minimum absolute atomic E-state index is 0.0908. The van der Waals surface area contributed by atoms with Crippen molar-refractivity contribution in [1.29, 1.82) is 0 Å². The summed E-state index contributed by atoms with van der Waals surface area (Å²) in [5.41, 5.74) is 1.92. The van der Waals surface area contributed by atoms with Gasteiger partial charge in [0.1, 0.15) is 5.82 Å². The Morgan fingerprint density at radius 1 is 0.944 bits per heavy atom. The summed E-state index contributed by atoms with van der Waals surface area (Å²) < 4.78 is 42.1. The number of amides is 1. The van der Waals surface area contributed by atoms with Crippen molar-refractivity contribution < 1.29 is 17.6 Å². The van der Waals surface area contributed by atoms with E-state index < -0.39 is 15.8 Å². The predicted octanol–water partition coefficient (Wildman–Crippen LogP) is 5.48. The SMILES string of the molecule is O=C(c1cccc(NS(=O)(=O)c2ccc(F)cc2)c1)N(Cc1ccccn1)c1nc2ccccc2s1. The topological polar surface area (TPSA) is 92.3 Å². The molecule has 0 saturated heterocycles. The molecule has 0 saturated carbocycles. The van der Waals surface area contributed by atoms with Crippen LogP contribution >= 0.6 is 11.3 Å². The first kappa shape index (κ1) is 23.6. The number of fused-ring (bicyclic) bond motifs is 1. The highest BCUT2D eigenvalue weighted by molar-refractivity contribution is 7.92. The number of anilines is 2. The van der Waals surface area contributed by atoms with E-state index in [1.807, 2.05) is 36.4 Å². The molecule has 2 heterocycles. The smallest absolute Gasteiger partial charge is 0.261 e. The average Bonchev–Trinajstić information content (AvgIpc) is 3.32. The minimum Gasteiger partial charge on any atom is -0.280 e. The summed E-state index contributed by atoms with van der Waals surface area (Å²) in [6.07, 6.45) is 1.65. The highest BCUT2D eigenvalue weighted by Gasteiger charge is 2.23. The molecule has 7 nitrogen and oxygen atoms in total. The number of carbonyl (C=O) groups is 1. The van der Waals surface area contributed by atoms with E-state index in [0.29, 0.717) is 10.8 Å². The van der Waals surface area contributed by atoms with Gasteiger partial charge in [0.05, 0.1) is 27.4 Å². The second-order valence-electron chi connectivity index (χ2n) is 7.82. The molecule has 5 aromatic rings. The van der Waals surface area contributed by atoms with Gasteiger partial charge in [0.2, 0.25) is 0 Å². The van der Waals surface area contributed by atoms with Gasteiger partial charge in [0.15, 0.2) is 5.13 Å². The van der Waals surface area contributed by atoms with Gasteiger partial charge < -0.3 is 0 Å². The number of nitrogens with one attached hydrogen (secondary N) is 1. The van der Waals surface area contributed by atoms with Gasteiger partial charge in [-0.05, 0) is 66.7 Å². The van der Waals surface area contributed by atoms with Gasteiger partial charge in [-0.2, -0.15) is 0 Å². The lowest BCUT2D eigenvalue weighted by molar-refractivity contribution is 0.0985. The Labute approximate surface area is 210 Å². The molecule has 0 aliphatic heterocycles. The molecular formula is C26H19FN4O3S2. The van der Waals surface area contributed by atoms with Crippen molar-refractivity contribution in [3.05, 3.63) is 114 Å². The molecule has 3 aromatic carbocycles. The van der Waals surface area contributed by atoms with E-state index in [1.54, 1.807) is 30.5 Å². The third-order valence-electron chi connectivity index (χ3n) is 5.29. The number of para-hydroxylation sites is 1. The van der Waals surface area contributed by atoms with Crippen LogP contribution in [0.4, 0.5) is 15.2 Å². The van der Waals surface area contributed by atoms with Gasteiger partial charge in [-0.1, -0.05) is 35.6 Å². The summed E-state index contributed by atoms with van der Waals surface area (Å²) in [6.45, 7) is 0.186. The molecule has 10 heteroatoms. The number of carbonyl (C=O) groups excluding carboxylic acids is 1. The summed E-state index contributed by atoms with van der Waals surface area (Å²) in [6, 6.07) is 23.8. The zero-order valence-electron chi connectivity index (χ0n) is 18.7. The first-order valence-electron chi connectivity index (χ1n) is 10.8. The van der Waals surface area contributed by atoms with Gasteiger partial charge in [-0.15, -0.1) is 0 Å². The first-order chi connectivity index (χ1) is 17.4. The molecule has 0 fully saturated rings. The van der Waals surface area contributed by atoms with Crippen LogP contribution in [0.2, 0.25) is 0 Å². The number of pyridine rings is 1. The van der Waals surface area contributed by atoms with Crippen LogP contribution in [0, 0.1) is 5.82 Å². The van der Waals surface area contributed by atoms with E-state index in [-0.39, 0.29) is 28.6 Å². The minimum atomic E-state index is -3.97. The summed E-state index contributed by atoms with van der Waals surface area (Å²) in [5, 5.41) is 0.504. The van der Waals surface area contributed by atoms with Crippen LogP contribution in [0.3, 0.4) is 0 Å². The Kier molecular flexibility index (Phi) is 6.45. The first-order valence-corrected chi connectivity index (χ1v) is 13.1. The second kappa shape index (κ2) is 9.84. The number of sulfonamides is 1. The lowest BCUT2D eigenvalue weighted by atomic mass is 10.1. The fraction of sp³-hybridized carbons (Fsp3) is 0.0385. The number of thiazole rings is 1. The molecule has 0 atom stereocenters. The molecule has 0 aliphatic rings. The van der Waals surface area contributed by atoms with Crippen molar-refractivity contribution in [2.24, 2.45) is 0 Å². The van der Waals surface area contributed by atoms with Gasteiger partial charge in [0.25, 0.3) is 15.9 Å². The number of benzene rings is 3. The summed E-state index contributed by atoms with van der Waals surface area (Å²) in [5.74, 6) is -0.896. The average molecular weight is 519 g/mol. The Bertz CT molecular complexity index is 1610. The molecule has 0 bridgehead atoms. The molecule has 1 N–H and O–H groups in total. The maximum Gasteiger partial charge on any atom is 0.261 e. The van der Waals surface area contributed by atoms with Crippen molar-refractivity contribution in [2.75, 3.05) is 9.62 Å². The van der Waals surface area contributed by atoms with E-state index in [9.17, 15) is 17.6 Å². The van der Waals surface area contributed by atoms with Crippen LogP contribution < -0.4 is 9.62 Å². The third-order valence-corrected chi connectivity index (χ3v) is 7.75. The van der Waals surface area contributed by atoms with Crippen LogP contribution in [0.1, 0.15) is 16.1 Å². The maximum atomic E-state index is 13.7. The lowest BCUT2D eigenvalue weighted by Gasteiger charge is -2.20. The van der Waals surface area contributed by atoms with Crippen molar-refractivity contribution in [2.45, 2.75) is 11.4 Å². The Hall–Kier alpha value is -4.15. The van der Waals surface area contributed by atoms with E-state index in [1.165, 1.54) is 34.4 Å². The number of aromatic nitrogens is 2. The summed E-state index contributed by atoms with van der Waals surface area (Å²) >= 11 is 1.38. The number of rotatable bonds is 7. The summed E-state index contributed by atoms with van der Waals surface area (Å²) in [4.78, 5) is 24.1. The van der Waals surface area contributed by atoms with E-state index >= 15 is 0 Å². The van der Waals surface area contributed by atoms with E-state index in [0.717, 1.165) is 22.3 Å². The molecule has 1 amide bonds. The van der Waals surface area contributed by atoms with Crippen LogP contribution in [-0.2, 0) is 16.6 Å². The fourth-order valence-electron chi connectivity index (χ4n) is 3.55. The van der Waals surface area contributed by atoms with Crippen molar-refractivity contribution in [3.8, 4) is 0 Å². The van der Waals surface area contributed by atoms with Gasteiger partial charge in [-0.25, -0.2) is 17.8 Å². The number of hydrogen-bond donors (Lipinski definition) is 1. The van der Waals surface area contributed by atoms with E-state index in [4.69, 9.17) is 0 Å². The molecule has 180 valence electrons. The van der Waals surface area contributed by atoms with Gasteiger partial charge >= 0.3 is 0 Å². The number of hydrogen-bond acceptors (Lipinski definition) is 6. The van der Waals surface area contributed by atoms with Crippen LogP contribution in [0.15, 0.2) is 102 Å². The van der Waals surface area contributed by atoms with Crippen molar-refractivity contribution in [3.63, 3.8) is 0 Å². The van der Waals surface area contributed by atoms with Crippen LogP contribution in [-0.4, -0.2) is 24.3 Å². The largest absolute Gasteiger partial charge is 0.280 e. The monoisotopic (exact) mass is 518 g/mol. The zero-order chi connectivity index (χ0) is 25.1.